The molecule has 1 atom stereocenters. The van der Waals surface area contributed by atoms with Gasteiger partial charge >= 0.3 is 6.03 Å². The molecule has 0 radical (unpaired) electrons. The van der Waals surface area contributed by atoms with Crippen LogP contribution in [-0.2, 0) is 6.42 Å². The summed E-state index contributed by atoms with van der Waals surface area (Å²) in [6.07, 6.45) is 1.24. The molecule has 2 amide bonds. The Morgan fingerprint density at radius 3 is 2.73 bits per heavy atom. The van der Waals surface area contributed by atoms with Crippen LogP contribution in [0.15, 0.2) is 4.52 Å². The van der Waals surface area contributed by atoms with Crippen molar-refractivity contribution >= 4 is 6.03 Å². The molecule has 1 aliphatic rings. The lowest BCUT2D eigenvalue weighted by molar-refractivity contribution is 0.0656. The lowest BCUT2D eigenvalue weighted by Crippen LogP contribution is -2.57. The van der Waals surface area contributed by atoms with E-state index in [2.05, 4.69) is 34.2 Å². The van der Waals surface area contributed by atoms with Crippen LogP contribution in [0.3, 0.4) is 0 Å². The number of nitrogens with zero attached hydrogens (tertiary/aromatic N) is 4. The number of hydrogen-bond acceptors (Lipinski definition) is 6. The van der Waals surface area contributed by atoms with Gasteiger partial charge in [-0.25, -0.2) is 4.79 Å². The third-order valence-corrected chi connectivity index (χ3v) is 4.56. The maximum absolute atomic E-state index is 12.4. The molecule has 1 aromatic rings. The number of amides is 2. The topological polar surface area (TPSA) is 94.7 Å². The Labute approximate surface area is 155 Å². The van der Waals surface area contributed by atoms with E-state index in [-0.39, 0.29) is 24.6 Å². The molecule has 26 heavy (non-hydrogen) atoms. The molecule has 1 aliphatic heterocycles. The molecule has 8 heteroatoms. The van der Waals surface area contributed by atoms with Crippen molar-refractivity contribution in [3.05, 3.63) is 11.7 Å². The van der Waals surface area contributed by atoms with Crippen LogP contribution in [0.1, 0.15) is 51.7 Å². The largest absolute Gasteiger partial charge is 0.396 e. The number of aliphatic hydroxyl groups excluding tert-OH is 1. The van der Waals surface area contributed by atoms with Crippen LogP contribution in [0.4, 0.5) is 4.79 Å². The van der Waals surface area contributed by atoms with Gasteiger partial charge in [-0.2, -0.15) is 4.98 Å². The summed E-state index contributed by atoms with van der Waals surface area (Å²) in [5.41, 5.74) is 0. The van der Waals surface area contributed by atoms with Crippen LogP contribution in [-0.4, -0.2) is 76.5 Å². The lowest BCUT2D eigenvalue weighted by Gasteiger charge is -2.42. The maximum atomic E-state index is 12.4. The minimum Gasteiger partial charge on any atom is -0.396 e. The molecule has 0 spiro atoms. The molecular formula is C18H33N5O3. The number of urea groups is 1. The molecule has 148 valence electrons. The fourth-order valence-electron chi connectivity index (χ4n) is 3.21. The SMILES string of the molecule is CC(C)CN1CCN(C(=O)NCCc2noc(C(C)C)n2)C[C@H]1CCO. The molecule has 0 aliphatic carbocycles. The van der Waals surface area contributed by atoms with Crippen molar-refractivity contribution in [3.8, 4) is 0 Å². The molecule has 1 aromatic heterocycles. The summed E-state index contributed by atoms with van der Waals surface area (Å²) in [5, 5.41) is 16.2. The quantitative estimate of drug-likeness (QED) is 0.722. The average Bonchev–Trinajstić information content (AvgIpc) is 3.05. The smallest absolute Gasteiger partial charge is 0.317 e. The number of rotatable bonds is 8. The van der Waals surface area contributed by atoms with E-state index in [9.17, 15) is 9.90 Å². The number of aromatic nitrogens is 2. The van der Waals surface area contributed by atoms with Gasteiger partial charge in [-0.15, -0.1) is 0 Å². The second-order valence-electron chi connectivity index (χ2n) is 7.69. The Balaban J connectivity index is 1.79. The normalized spacial score (nSPS) is 18.7. The predicted molar refractivity (Wildman–Crippen MR) is 99.0 cm³/mol. The van der Waals surface area contributed by atoms with Gasteiger partial charge in [0.25, 0.3) is 0 Å². The van der Waals surface area contributed by atoms with E-state index >= 15 is 0 Å². The first-order valence-corrected chi connectivity index (χ1v) is 9.60. The highest BCUT2D eigenvalue weighted by atomic mass is 16.5. The number of carbonyl (C=O) groups is 1. The second-order valence-corrected chi connectivity index (χ2v) is 7.69. The fourth-order valence-corrected chi connectivity index (χ4v) is 3.21. The Bertz CT molecular complexity index is 561. The van der Waals surface area contributed by atoms with Gasteiger partial charge in [-0.05, 0) is 12.3 Å². The molecule has 0 bridgehead atoms. The van der Waals surface area contributed by atoms with Crippen molar-refractivity contribution in [3.63, 3.8) is 0 Å². The zero-order chi connectivity index (χ0) is 19.1. The predicted octanol–water partition coefficient (Wildman–Crippen LogP) is 1.47. The van der Waals surface area contributed by atoms with Crippen LogP contribution in [0.5, 0.6) is 0 Å². The van der Waals surface area contributed by atoms with Crippen LogP contribution < -0.4 is 5.32 Å². The van der Waals surface area contributed by atoms with Gasteiger partial charge in [0.05, 0.1) is 0 Å². The summed E-state index contributed by atoms with van der Waals surface area (Å²) in [6, 6.07) is 0.150. The van der Waals surface area contributed by atoms with Crippen molar-refractivity contribution < 1.29 is 14.4 Å². The third kappa shape index (κ3) is 5.95. The third-order valence-electron chi connectivity index (χ3n) is 4.56. The molecule has 2 rings (SSSR count). The van der Waals surface area contributed by atoms with Gasteiger partial charge < -0.3 is 19.8 Å². The van der Waals surface area contributed by atoms with Gasteiger partial charge in [-0.1, -0.05) is 32.9 Å². The van der Waals surface area contributed by atoms with Crippen molar-refractivity contribution in [2.24, 2.45) is 5.92 Å². The van der Waals surface area contributed by atoms with Crippen LogP contribution in [0.2, 0.25) is 0 Å². The molecule has 0 unspecified atom stereocenters. The summed E-state index contributed by atoms with van der Waals surface area (Å²) in [5.74, 6) is 2.02. The zero-order valence-electron chi connectivity index (χ0n) is 16.4. The van der Waals surface area contributed by atoms with Crippen molar-refractivity contribution in [2.75, 3.05) is 39.3 Å². The Morgan fingerprint density at radius 1 is 1.35 bits per heavy atom. The highest BCUT2D eigenvalue weighted by Gasteiger charge is 2.29. The summed E-state index contributed by atoms with van der Waals surface area (Å²) in [7, 11) is 0. The summed E-state index contributed by atoms with van der Waals surface area (Å²) in [4.78, 5) is 21.0. The van der Waals surface area contributed by atoms with Gasteiger partial charge in [0, 0.05) is 57.7 Å². The molecule has 0 saturated carbocycles. The van der Waals surface area contributed by atoms with Crippen molar-refractivity contribution in [1.82, 2.24) is 25.3 Å². The van der Waals surface area contributed by atoms with E-state index in [0.29, 0.717) is 50.1 Å². The van der Waals surface area contributed by atoms with E-state index in [1.165, 1.54) is 0 Å². The molecule has 8 nitrogen and oxygen atoms in total. The summed E-state index contributed by atoms with van der Waals surface area (Å²) < 4.78 is 5.17. The minimum atomic E-state index is -0.0651. The highest BCUT2D eigenvalue weighted by molar-refractivity contribution is 5.74. The Hall–Kier alpha value is -1.67. The standard InChI is InChI=1S/C18H33N5O3/c1-13(2)11-22-8-9-23(12-15(22)6-10-24)18(25)19-7-5-16-20-17(14(3)4)26-21-16/h13-15,24H,5-12H2,1-4H3,(H,19,25)/t15-/m1/s1. The number of piperazine rings is 1. The van der Waals surface area contributed by atoms with Gasteiger partial charge in [0.15, 0.2) is 5.82 Å². The van der Waals surface area contributed by atoms with E-state index in [1.54, 1.807) is 0 Å². The van der Waals surface area contributed by atoms with Crippen molar-refractivity contribution in [1.29, 1.82) is 0 Å². The maximum Gasteiger partial charge on any atom is 0.317 e. The monoisotopic (exact) mass is 367 g/mol. The van der Waals surface area contributed by atoms with E-state index in [0.717, 1.165) is 13.1 Å². The number of aliphatic hydroxyl groups is 1. The molecule has 2 N–H and O–H groups in total. The second kappa shape index (κ2) is 9.87. The van der Waals surface area contributed by atoms with E-state index < -0.39 is 0 Å². The first-order valence-electron chi connectivity index (χ1n) is 9.60. The lowest BCUT2D eigenvalue weighted by atomic mass is 10.1. The van der Waals surface area contributed by atoms with Crippen molar-refractivity contribution in [2.45, 2.75) is 52.5 Å². The zero-order valence-corrected chi connectivity index (χ0v) is 16.4. The first-order chi connectivity index (χ1) is 12.4. The summed E-state index contributed by atoms with van der Waals surface area (Å²) in [6.45, 7) is 12.2. The van der Waals surface area contributed by atoms with Crippen LogP contribution in [0, 0.1) is 5.92 Å². The number of carbonyl (C=O) groups excluding carboxylic acids is 1. The molecule has 0 aromatic carbocycles. The van der Waals surface area contributed by atoms with Gasteiger partial charge in [0.1, 0.15) is 0 Å². The average molecular weight is 367 g/mol. The van der Waals surface area contributed by atoms with Crippen LogP contribution in [0.25, 0.3) is 0 Å². The van der Waals surface area contributed by atoms with Gasteiger partial charge in [-0.3, -0.25) is 4.90 Å². The highest BCUT2D eigenvalue weighted by Crippen LogP contribution is 2.15. The summed E-state index contributed by atoms with van der Waals surface area (Å²) >= 11 is 0. The fraction of sp³-hybridized carbons (Fsp3) is 0.833. The number of hydrogen-bond donors (Lipinski definition) is 2. The number of nitrogens with one attached hydrogen (secondary N) is 1. The van der Waals surface area contributed by atoms with Gasteiger partial charge in [0.2, 0.25) is 5.89 Å². The minimum absolute atomic E-state index is 0.0651. The molecule has 2 heterocycles. The van der Waals surface area contributed by atoms with E-state index in [4.69, 9.17) is 4.52 Å². The molecular weight excluding hydrogens is 334 g/mol. The van der Waals surface area contributed by atoms with E-state index in [1.807, 2.05) is 18.7 Å². The molecule has 1 fully saturated rings. The Kier molecular flexibility index (Phi) is 7.84. The van der Waals surface area contributed by atoms with Crippen LogP contribution >= 0.6 is 0 Å². The first kappa shape index (κ1) is 20.6. The Morgan fingerprint density at radius 2 is 2.12 bits per heavy atom. The molecule has 1 saturated heterocycles.